The molecule has 15 heavy (non-hydrogen) atoms. The SMILES string of the molecule is CNC(C)(C)CN1CCCC(COC)C1. The van der Waals surface area contributed by atoms with E-state index in [-0.39, 0.29) is 5.54 Å². The van der Waals surface area contributed by atoms with Gasteiger partial charge in [-0.1, -0.05) is 0 Å². The second kappa shape index (κ2) is 5.83. The molecule has 0 bridgehead atoms. The number of methoxy groups -OCH3 is 1. The molecule has 1 saturated heterocycles. The Morgan fingerprint density at radius 3 is 2.80 bits per heavy atom. The number of piperidine rings is 1. The molecule has 0 aromatic heterocycles. The third-order valence-corrected chi connectivity index (χ3v) is 3.30. The van der Waals surface area contributed by atoms with E-state index in [1.165, 1.54) is 25.9 Å². The molecule has 0 aromatic rings. The first kappa shape index (κ1) is 12.9. The predicted molar refractivity (Wildman–Crippen MR) is 64.2 cm³/mol. The standard InChI is InChI=1S/C12H26N2O/c1-12(2,13-3)10-14-7-5-6-11(8-14)9-15-4/h11,13H,5-10H2,1-4H3. The molecule has 90 valence electrons. The first-order chi connectivity index (χ1) is 7.07. The summed E-state index contributed by atoms with van der Waals surface area (Å²) in [4.78, 5) is 2.56. The molecular weight excluding hydrogens is 188 g/mol. The van der Waals surface area contributed by atoms with E-state index in [9.17, 15) is 0 Å². The first-order valence-corrected chi connectivity index (χ1v) is 5.97. The number of likely N-dealkylation sites (tertiary alicyclic amines) is 1. The van der Waals surface area contributed by atoms with E-state index in [0.717, 1.165) is 19.1 Å². The Balaban J connectivity index is 2.36. The molecule has 1 unspecified atom stereocenters. The van der Waals surface area contributed by atoms with E-state index in [4.69, 9.17) is 4.74 Å². The molecule has 1 aliphatic heterocycles. The molecule has 0 saturated carbocycles. The zero-order chi connectivity index (χ0) is 11.3. The monoisotopic (exact) mass is 214 g/mol. The molecule has 0 aromatic carbocycles. The highest BCUT2D eigenvalue weighted by molar-refractivity contribution is 4.83. The average molecular weight is 214 g/mol. The van der Waals surface area contributed by atoms with Crippen molar-refractivity contribution in [2.75, 3.05) is 40.4 Å². The minimum Gasteiger partial charge on any atom is -0.384 e. The van der Waals surface area contributed by atoms with Gasteiger partial charge < -0.3 is 15.0 Å². The maximum atomic E-state index is 5.24. The molecule has 1 fully saturated rings. The summed E-state index contributed by atoms with van der Waals surface area (Å²) in [6, 6.07) is 0. The van der Waals surface area contributed by atoms with Crippen molar-refractivity contribution in [3.05, 3.63) is 0 Å². The number of rotatable bonds is 5. The molecule has 0 amide bonds. The van der Waals surface area contributed by atoms with Crippen LogP contribution in [0, 0.1) is 5.92 Å². The average Bonchev–Trinajstić information content (AvgIpc) is 2.18. The Bertz CT molecular complexity index is 180. The fourth-order valence-corrected chi connectivity index (χ4v) is 2.30. The van der Waals surface area contributed by atoms with Gasteiger partial charge >= 0.3 is 0 Å². The van der Waals surface area contributed by atoms with Gasteiger partial charge in [-0.15, -0.1) is 0 Å². The molecule has 1 rings (SSSR count). The summed E-state index contributed by atoms with van der Waals surface area (Å²) < 4.78 is 5.24. The third-order valence-electron chi connectivity index (χ3n) is 3.30. The fourth-order valence-electron chi connectivity index (χ4n) is 2.30. The van der Waals surface area contributed by atoms with Gasteiger partial charge in [0.15, 0.2) is 0 Å². The first-order valence-electron chi connectivity index (χ1n) is 5.97. The summed E-state index contributed by atoms with van der Waals surface area (Å²) >= 11 is 0. The van der Waals surface area contributed by atoms with Crippen LogP contribution in [0.1, 0.15) is 26.7 Å². The fraction of sp³-hybridized carbons (Fsp3) is 1.00. The molecule has 1 aliphatic rings. The van der Waals surface area contributed by atoms with E-state index in [1.54, 1.807) is 7.11 Å². The van der Waals surface area contributed by atoms with Crippen molar-refractivity contribution in [1.82, 2.24) is 10.2 Å². The highest BCUT2D eigenvalue weighted by atomic mass is 16.5. The van der Waals surface area contributed by atoms with Crippen LogP contribution in [0.15, 0.2) is 0 Å². The predicted octanol–water partition coefficient (Wildman–Crippen LogP) is 1.34. The van der Waals surface area contributed by atoms with E-state index in [1.807, 2.05) is 7.05 Å². The molecule has 0 radical (unpaired) electrons. The second-order valence-electron chi connectivity index (χ2n) is 5.33. The second-order valence-corrected chi connectivity index (χ2v) is 5.33. The Morgan fingerprint density at radius 1 is 1.47 bits per heavy atom. The summed E-state index contributed by atoms with van der Waals surface area (Å²) in [5.74, 6) is 0.733. The zero-order valence-corrected chi connectivity index (χ0v) is 10.7. The van der Waals surface area contributed by atoms with Crippen LogP contribution in [-0.4, -0.2) is 50.8 Å². The Labute approximate surface area is 94.2 Å². The normalized spacial score (nSPS) is 24.4. The van der Waals surface area contributed by atoms with Crippen LogP contribution < -0.4 is 5.32 Å². The number of ether oxygens (including phenoxy) is 1. The number of likely N-dealkylation sites (N-methyl/N-ethyl adjacent to an activating group) is 1. The summed E-state index contributed by atoms with van der Waals surface area (Å²) in [5.41, 5.74) is 0.217. The zero-order valence-electron chi connectivity index (χ0n) is 10.7. The van der Waals surface area contributed by atoms with Gasteiger partial charge in [0.25, 0.3) is 0 Å². The lowest BCUT2D eigenvalue weighted by molar-refractivity contribution is 0.0787. The molecular formula is C12H26N2O. The van der Waals surface area contributed by atoms with Crippen LogP contribution in [0.2, 0.25) is 0 Å². The lowest BCUT2D eigenvalue weighted by Gasteiger charge is -2.37. The number of nitrogens with zero attached hydrogens (tertiary/aromatic N) is 1. The minimum absolute atomic E-state index is 0.217. The van der Waals surface area contributed by atoms with Gasteiger partial charge in [0.2, 0.25) is 0 Å². The Morgan fingerprint density at radius 2 is 2.20 bits per heavy atom. The van der Waals surface area contributed by atoms with Crippen LogP contribution in [0.4, 0.5) is 0 Å². The summed E-state index contributed by atoms with van der Waals surface area (Å²) in [6.45, 7) is 8.99. The van der Waals surface area contributed by atoms with Gasteiger partial charge in [-0.25, -0.2) is 0 Å². The van der Waals surface area contributed by atoms with E-state index in [2.05, 4.69) is 24.1 Å². The van der Waals surface area contributed by atoms with Gasteiger partial charge in [0, 0.05) is 25.7 Å². The van der Waals surface area contributed by atoms with Gasteiger partial charge in [-0.3, -0.25) is 0 Å². The molecule has 1 atom stereocenters. The molecule has 1 heterocycles. The lowest BCUT2D eigenvalue weighted by Crippen LogP contribution is -2.50. The molecule has 1 N–H and O–H groups in total. The quantitative estimate of drug-likeness (QED) is 0.747. The van der Waals surface area contributed by atoms with Crippen molar-refractivity contribution in [3.63, 3.8) is 0 Å². The van der Waals surface area contributed by atoms with Gasteiger partial charge in [-0.2, -0.15) is 0 Å². The maximum Gasteiger partial charge on any atom is 0.0502 e. The van der Waals surface area contributed by atoms with Crippen molar-refractivity contribution < 1.29 is 4.74 Å². The third kappa shape index (κ3) is 4.49. The molecule has 0 aliphatic carbocycles. The summed E-state index contributed by atoms with van der Waals surface area (Å²) in [6.07, 6.45) is 2.64. The van der Waals surface area contributed by atoms with Crippen LogP contribution in [0.25, 0.3) is 0 Å². The molecule has 3 heteroatoms. The molecule has 0 spiro atoms. The van der Waals surface area contributed by atoms with Gasteiger partial charge in [0.1, 0.15) is 0 Å². The van der Waals surface area contributed by atoms with E-state index >= 15 is 0 Å². The topological polar surface area (TPSA) is 24.5 Å². The Kier molecular flexibility index (Phi) is 5.03. The van der Waals surface area contributed by atoms with Crippen molar-refractivity contribution in [3.8, 4) is 0 Å². The minimum atomic E-state index is 0.217. The Hall–Kier alpha value is -0.120. The van der Waals surface area contributed by atoms with Crippen molar-refractivity contribution in [2.24, 2.45) is 5.92 Å². The van der Waals surface area contributed by atoms with Crippen LogP contribution in [0.5, 0.6) is 0 Å². The van der Waals surface area contributed by atoms with Crippen LogP contribution in [-0.2, 0) is 4.74 Å². The highest BCUT2D eigenvalue weighted by Crippen LogP contribution is 2.18. The summed E-state index contributed by atoms with van der Waals surface area (Å²) in [5, 5.41) is 3.36. The lowest BCUT2D eigenvalue weighted by atomic mass is 9.96. The number of nitrogens with one attached hydrogen (secondary N) is 1. The van der Waals surface area contributed by atoms with Crippen molar-refractivity contribution in [1.29, 1.82) is 0 Å². The number of hydrogen-bond donors (Lipinski definition) is 1. The van der Waals surface area contributed by atoms with Gasteiger partial charge in [-0.05, 0) is 46.2 Å². The smallest absolute Gasteiger partial charge is 0.0502 e. The highest BCUT2D eigenvalue weighted by Gasteiger charge is 2.24. The van der Waals surface area contributed by atoms with E-state index in [0.29, 0.717) is 0 Å². The summed E-state index contributed by atoms with van der Waals surface area (Å²) in [7, 11) is 3.84. The van der Waals surface area contributed by atoms with Crippen LogP contribution >= 0.6 is 0 Å². The number of hydrogen-bond acceptors (Lipinski definition) is 3. The van der Waals surface area contributed by atoms with E-state index < -0.39 is 0 Å². The van der Waals surface area contributed by atoms with Crippen molar-refractivity contribution in [2.45, 2.75) is 32.2 Å². The van der Waals surface area contributed by atoms with Crippen molar-refractivity contribution >= 4 is 0 Å². The maximum absolute atomic E-state index is 5.24. The molecule has 3 nitrogen and oxygen atoms in total. The largest absolute Gasteiger partial charge is 0.384 e. The van der Waals surface area contributed by atoms with Crippen LogP contribution in [0.3, 0.4) is 0 Å². The van der Waals surface area contributed by atoms with Gasteiger partial charge in [0.05, 0.1) is 6.61 Å².